The first-order valence-electron chi connectivity index (χ1n) is 7.30. The van der Waals surface area contributed by atoms with Crippen molar-refractivity contribution in [1.29, 1.82) is 0 Å². The van der Waals surface area contributed by atoms with Crippen LogP contribution in [0.1, 0.15) is 18.4 Å². The van der Waals surface area contributed by atoms with E-state index >= 15 is 0 Å². The van der Waals surface area contributed by atoms with Crippen molar-refractivity contribution < 1.29 is 14.6 Å². The number of likely N-dealkylation sites (tertiary alicyclic amines) is 1. The lowest BCUT2D eigenvalue weighted by atomic mass is 10.1. The third-order valence-electron chi connectivity index (χ3n) is 4.26. The second-order valence-corrected chi connectivity index (χ2v) is 5.51. The number of phenols is 1. The zero-order valence-corrected chi connectivity index (χ0v) is 12.1. The van der Waals surface area contributed by atoms with Gasteiger partial charge in [-0.05, 0) is 49.6 Å². The molecule has 1 aliphatic rings. The average Bonchev–Trinajstić information content (AvgIpc) is 3.10. The molecule has 21 heavy (non-hydrogen) atoms. The number of hydrogen-bond acceptors (Lipinski definition) is 4. The fraction of sp³-hybridized carbons (Fsp3) is 0.438. The van der Waals surface area contributed by atoms with Gasteiger partial charge in [0.1, 0.15) is 11.8 Å². The minimum atomic E-state index is -0.135. The number of benzene rings is 1. The molecule has 3 rings (SSSR count). The highest BCUT2D eigenvalue weighted by atomic mass is 16.5. The lowest BCUT2D eigenvalue weighted by molar-refractivity contribution is -0.145. The number of aromatic amines is 1. The van der Waals surface area contributed by atoms with Crippen molar-refractivity contribution in [1.82, 2.24) is 9.88 Å². The molecule has 0 amide bonds. The van der Waals surface area contributed by atoms with Crippen LogP contribution in [0.4, 0.5) is 0 Å². The fourth-order valence-corrected chi connectivity index (χ4v) is 3.13. The van der Waals surface area contributed by atoms with E-state index in [4.69, 9.17) is 4.74 Å². The molecule has 2 heterocycles. The maximum Gasteiger partial charge on any atom is 0.323 e. The molecule has 1 aromatic carbocycles. The van der Waals surface area contributed by atoms with E-state index in [0.29, 0.717) is 0 Å². The number of hydrogen-bond donors (Lipinski definition) is 2. The lowest BCUT2D eigenvalue weighted by Crippen LogP contribution is -2.38. The highest BCUT2D eigenvalue weighted by molar-refractivity contribution is 5.84. The fourth-order valence-electron chi connectivity index (χ4n) is 3.13. The Morgan fingerprint density at radius 1 is 1.52 bits per heavy atom. The molecule has 1 unspecified atom stereocenters. The minimum absolute atomic E-state index is 0.103. The second kappa shape index (κ2) is 5.77. The first-order chi connectivity index (χ1) is 10.2. The van der Waals surface area contributed by atoms with E-state index in [2.05, 4.69) is 9.88 Å². The Hall–Kier alpha value is -2.01. The first kappa shape index (κ1) is 13.9. The Morgan fingerprint density at radius 3 is 3.19 bits per heavy atom. The summed E-state index contributed by atoms with van der Waals surface area (Å²) >= 11 is 0. The van der Waals surface area contributed by atoms with Gasteiger partial charge < -0.3 is 14.8 Å². The number of ether oxygens (including phenoxy) is 1. The molecule has 0 bridgehead atoms. The van der Waals surface area contributed by atoms with E-state index in [-0.39, 0.29) is 17.8 Å². The van der Waals surface area contributed by atoms with Crippen LogP contribution in [0.2, 0.25) is 0 Å². The molecule has 2 aromatic rings. The van der Waals surface area contributed by atoms with Gasteiger partial charge in [0.15, 0.2) is 0 Å². The Balaban J connectivity index is 1.71. The van der Waals surface area contributed by atoms with Crippen molar-refractivity contribution in [3.8, 4) is 5.75 Å². The molecular weight excluding hydrogens is 268 g/mol. The highest BCUT2D eigenvalue weighted by Crippen LogP contribution is 2.24. The summed E-state index contributed by atoms with van der Waals surface area (Å²) in [5.41, 5.74) is 2.19. The Morgan fingerprint density at radius 2 is 2.38 bits per heavy atom. The van der Waals surface area contributed by atoms with Gasteiger partial charge in [0.25, 0.3) is 0 Å². The largest absolute Gasteiger partial charge is 0.508 e. The zero-order valence-electron chi connectivity index (χ0n) is 12.1. The number of aromatic nitrogens is 1. The molecule has 0 radical (unpaired) electrons. The molecule has 5 heteroatoms. The molecule has 2 N–H and O–H groups in total. The molecule has 112 valence electrons. The number of esters is 1. The average molecular weight is 288 g/mol. The van der Waals surface area contributed by atoms with Crippen molar-refractivity contribution in [2.75, 3.05) is 20.2 Å². The summed E-state index contributed by atoms with van der Waals surface area (Å²) in [6.45, 7) is 1.76. The maximum absolute atomic E-state index is 11.7. The molecule has 1 atom stereocenters. The molecule has 0 saturated carbocycles. The minimum Gasteiger partial charge on any atom is -0.508 e. The van der Waals surface area contributed by atoms with Crippen LogP contribution in [0.5, 0.6) is 5.75 Å². The van der Waals surface area contributed by atoms with Crippen molar-refractivity contribution in [2.45, 2.75) is 25.3 Å². The van der Waals surface area contributed by atoms with Crippen LogP contribution in [0.3, 0.4) is 0 Å². The van der Waals surface area contributed by atoms with Gasteiger partial charge in [0, 0.05) is 23.6 Å². The van der Waals surface area contributed by atoms with Gasteiger partial charge in [-0.1, -0.05) is 0 Å². The number of carbonyl (C=O) groups excluding carboxylic acids is 1. The zero-order chi connectivity index (χ0) is 14.8. The van der Waals surface area contributed by atoms with Crippen LogP contribution in [0, 0.1) is 0 Å². The summed E-state index contributed by atoms with van der Waals surface area (Å²) in [4.78, 5) is 17.1. The van der Waals surface area contributed by atoms with Gasteiger partial charge in [-0.25, -0.2) is 0 Å². The van der Waals surface area contributed by atoms with Crippen LogP contribution in [0.15, 0.2) is 24.4 Å². The summed E-state index contributed by atoms with van der Waals surface area (Å²) in [5.74, 6) is 0.140. The Kier molecular flexibility index (Phi) is 3.84. The summed E-state index contributed by atoms with van der Waals surface area (Å²) in [7, 11) is 1.45. The number of rotatable bonds is 4. The van der Waals surface area contributed by atoms with Gasteiger partial charge in [-0.15, -0.1) is 0 Å². The van der Waals surface area contributed by atoms with Crippen molar-refractivity contribution in [2.24, 2.45) is 0 Å². The standard InChI is InChI=1S/C16H20N2O3/c1-21-16(20)15-3-2-7-18(15)8-6-11-10-17-14-5-4-12(19)9-13(11)14/h4-5,9-10,15,17,19H,2-3,6-8H2,1H3. The van der Waals surface area contributed by atoms with Crippen LogP contribution >= 0.6 is 0 Å². The first-order valence-corrected chi connectivity index (χ1v) is 7.30. The number of phenolic OH excluding ortho intramolecular Hbond substituents is 1. The van der Waals surface area contributed by atoms with E-state index in [1.165, 1.54) is 7.11 Å². The van der Waals surface area contributed by atoms with Gasteiger partial charge in [-0.3, -0.25) is 9.69 Å². The molecule has 0 spiro atoms. The number of methoxy groups -OCH3 is 1. The Bertz CT molecular complexity index is 650. The summed E-state index contributed by atoms with van der Waals surface area (Å²) < 4.78 is 4.87. The van der Waals surface area contributed by atoms with E-state index < -0.39 is 0 Å². The molecular formula is C16H20N2O3. The van der Waals surface area contributed by atoms with Gasteiger partial charge >= 0.3 is 5.97 Å². The third-order valence-corrected chi connectivity index (χ3v) is 4.26. The second-order valence-electron chi connectivity index (χ2n) is 5.51. The van der Waals surface area contributed by atoms with Gasteiger partial charge in [0.2, 0.25) is 0 Å². The maximum atomic E-state index is 11.7. The summed E-state index contributed by atoms with van der Waals surface area (Å²) in [5, 5.41) is 10.7. The van der Waals surface area contributed by atoms with Crippen LogP contribution < -0.4 is 0 Å². The number of H-pyrrole nitrogens is 1. The lowest BCUT2D eigenvalue weighted by Gasteiger charge is -2.21. The van der Waals surface area contributed by atoms with Crippen molar-refractivity contribution in [3.63, 3.8) is 0 Å². The van der Waals surface area contributed by atoms with E-state index in [9.17, 15) is 9.90 Å². The highest BCUT2D eigenvalue weighted by Gasteiger charge is 2.31. The molecule has 1 aliphatic heterocycles. The third kappa shape index (κ3) is 2.74. The van der Waals surface area contributed by atoms with Crippen LogP contribution in [0.25, 0.3) is 10.9 Å². The monoisotopic (exact) mass is 288 g/mol. The number of nitrogens with one attached hydrogen (secondary N) is 1. The number of fused-ring (bicyclic) bond motifs is 1. The van der Waals surface area contributed by atoms with Crippen LogP contribution in [-0.4, -0.2) is 47.2 Å². The van der Waals surface area contributed by atoms with Crippen LogP contribution in [-0.2, 0) is 16.0 Å². The normalized spacial score (nSPS) is 19.2. The molecule has 1 fully saturated rings. The number of nitrogens with zero attached hydrogens (tertiary/aromatic N) is 1. The van der Waals surface area contributed by atoms with E-state index in [1.807, 2.05) is 12.3 Å². The SMILES string of the molecule is COC(=O)C1CCCN1CCc1c[nH]c2ccc(O)cc12. The number of aromatic hydroxyl groups is 1. The summed E-state index contributed by atoms with van der Waals surface area (Å²) in [6, 6.07) is 5.23. The Labute approximate surface area is 123 Å². The molecule has 1 aromatic heterocycles. The molecule has 1 saturated heterocycles. The summed E-state index contributed by atoms with van der Waals surface area (Å²) in [6.07, 6.45) is 4.74. The van der Waals surface area contributed by atoms with E-state index in [1.54, 1.807) is 12.1 Å². The van der Waals surface area contributed by atoms with Gasteiger partial charge in [-0.2, -0.15) is 0 Å². The molecule has 0 aliphatic carbocycles. The van der Waals surface area contributed by atoms with Crippen molar-refractivity contribution >= 4 is 16.9 Å². The molecule has 5 nitrogen and oxygen atoms in total. The predicted molar refractivity (Wildman–Crippen MR) is 80.3 cm³/mol. The smallest absolute Gasteiger partial charge is 0.323 e. The quantitative estimate of drug-likeness (QED) is 0.845. The predicted octanol–water partition coefficient (Wildman–Crippen LogP) is 2.05. The van der Waals surface area contributed by atoms with Gasteiger partial charge in [0.05, 0.1) is 7.11 Å². The number of carbonyl (C=O) groups is 1. The van der Waals surface area contributed by atoms with Crippen molar-refractivity contribution in [3.05, 3.63) is 30.0 Å². The van der Waals surface area contributed by atoms with E-state index in [0.717, 1.165) is 48.8 Å². The topological polar surface area (TPSA) is 65.6 Å².